The van der Waals surface area contributed by atoms with Crippen LogP contribution in [0.2, 0.25) is 0 Å². The fourth-order valence-corrected chi connectivity index (χ4v) is 4.70. The number of hydrogen-bond donors (Lipinski definition) is 0. The molecule has 0 saturated carbocycles. The number of esters is 1. The molecule has 8 heteroatoms. The average molecular weight is 429 g/mol. The van der Waals surface area contributed by atoms with E-state index in [1.807, 2.05) is 18.2 Å². The Hall–Kier alpha value is -2.97. The lowest BCUT2D eigenvalue weighted by Gasteiger charge is -2.33. The van der Waals surface area contributed by atoms with Crippen molar-refractivity contribution in [3.63, 3.8) is 0 Å². The van der Waals surface area contributed by atoms with Gasteiger partial charge >= 0.3 is 5.97 Å². The van der Waals surface area contributed by atoms with Gasteiger partial charge in [0, 0.05) is 32.3 Å². The number of benzene rings is 2. The van der Waals surface area contributed by atoms with Gasteiger partial charge in [0.25, 0.3) is 0 Å². The number of sulfonamides is 1. The number of carbonyl (C=O) groups excluding carboxylic acids is 2. The summed E-state index contributed by atoms with van der Waals surface area (Å²) in [5.41, 5.74) is 1.96. The number of nitrogens with zero attached hydrogens (tertiary/aromatic N) is 2. The van der Waals surface area contributed by atoms with Crippen LogP contribution in [0.25, 0.3) is 6.08 Å². The van der Waals surface area contributed by atoms with Crippen molar-refractivity contribution in [2.24, 2.45) is 0 Å². The molecular formula is C22H24N2O5S. The van der Waals surface area contributed by atoms with E-state index in [4.69, 9.17) is 0 Å². The largest absolute Gasteiger partial charge is 0.465 e. The Bertz CT molecular complexity index is 1010. The zero-order valence-corrected chi connectivity index (χ0v) is 17.5. The summed E-state index contributed by atoms with van der Waals surface area (Å²) in [6.45, 7) is 1.25. The highest BCUT2D eigenvalue weighted by atomic mass is 32.2. The summed E-state index contributed by atoms with van der Waals surface area (Å²) < 4.78 is 31.3. The average Bonchev–Trinajstić information content (AvgIpc) is 2.77. The van der Waals surface area contributed by atoms with Gasteiger partial charge in [0.1, 0.15) is 0 Å². The molecule has 0 spiro atoms. The molecule has 3 rings (SSSR count). The van der Waals surface area contributed by atoms with Gasteiger partial charge in [-0.15, -0.1) is 0 Å². The van der Waals surface area contributed by atoms with Gasteiger partial charge in [-0.3, -0.25) is 4.79 Å². The van der Waals surface area contributed by atoms with Gasteiger partial charge < -0.3 is 9.64 Å². The molecule has 0 radical (unpaired) electrons. The molecule has 0 atom stereocenters. The first-order valence-corrected chi connectivity index (χ1v) is 11.2. The van der Waals surface area contributed by atoms with Crippen LogP contribution in [0.1, 0.15) is 21.5 Å². The number of carbonyl (C=O) groups is 2. The minimum Gasteiger partial charge on any atom is -0.465 e. The van der Waals surface area contributed by atoms with Crippen molar-refractivity contribution in [2.45, 2.75) is 5.75 Å². The normalized spacial score (nSPS) is 15.3. The van der Waals surface area contributed by atoms with Gasteiger partial charge in [-0.2, -0.15) is 4.31 Å². The third-order valence-corrected chi connectivity index (χ3v) is 6.74. The molecule has 158 valence electrons. The van der Waals surface area contributed by atoms with E-state index in [-0.39, 0.29) is 24.7 Å². The summed E-state index contributed by atoms with van der Waals surface area (Å²) in [5, 5.41) is 0. The van der Waals surface area contributed by atoms with E-state index in [9.17, 15) is 18.0 Å². The second-order valence-electron chi connectivity index (χ2n) is 6.91. The van der Waals surface area contributed by atoms with Crippen molar-refractivity contribution in [3.05, 3.63) is 77.4 Å². The number of amides is 1. The number of ether oxygens (including phenoxy) is 1. The Balaban J connectivity index is 1.53. The number of rotatable bonds is 6. The smallest absolute Gasteiger partial charge is 0.337 e. The van der Waals surface area contributed by atoms with Crippen molar-refractivity contribution < 1.29 is 22.7 Å². The maximum atomic E-state index is 12.6. The zero-order valence-electron chi connectivity index (χ0n) is 16.7. The van der Waals surface area contributed by atoms with Gasteiger partial charge in [0.05, 0.1) is 18.4 Å². The van der Waals surface area contributed by atoms with E-state index in [1.165, 1.54) is 17.5 Å². The van der Waals surface area contributed by atoms with Crippen LogP contribution in [-0.2, 0) is 25.3 Å². The van der Waals surface area contributed by atoms with Crippen LogP contribution in [-0.4, -0.2) is 62.8 Å². The fraction of sp³-hybridized carbons (Fsp3) is 0.273. The van der Waals surface area contributed by atoms with E-state index in [0.717, 1.165) is 11.1 Å². The molecule has 0 bridgehead atoms. The summed E-state index contributed by atoms with van der Waals surface area (Å²) in [5.74, 6) is -0.627. The minimum atomic E-state index is -3.41. The molecule has 2 aromatic carbocycles. The third kappa shape index (κ3) is 5.55. The van der Waals surface area contributed by atoms with Crippen molar-refractivity contribution in [1.29, 1.82) is 0 Å². The highest BCUT2D eigenvalue weighted by Crippen LogP contribution is 2.14. The summed E-state index contributed by atoms with van der Waals surface area (Å²) in [6.07, 6.45) is 3.13. The molecule has 7 nitrogen and oxygen atoms in total. The molecular weight excluding hydrogens is 404 g/mol. The van der Waals surface area contributed by atoms with E-state index in [2.05, 4.69) is 4.74 Å². The third-order valence-electron chi connectivity index (χ3n) is 4.89. The predicted molar refractivity (Wildman–Crippen MR) is 114 cm³/mol. The van der Waals surface area contributed by atoms with Gasteiger partial charge in [-0.05, 0) is 29.3 Å². The fourth-order valence-electron chi connectivity index (χ4n) is 3.18. The van der Waals surface area contributed by atoms with Gasteiger partial charge in [0.15, 0.2) is 0 Å². The van der Waals surface area contributed by atoms with E-state index < -0.39 is 16.0 Å². The highest BCUT2D eigenvalue weighted by Gasteiger charge is 2.28. The van der Waals surface area contributed by atoms with Crippen LogP contribution in [0.3, 0.4) is 0 Å². The van der Waals surface area contributed by atoms with E-state index in [1.54, 1.807) is 47.4 Å². The highest BCUT2D eigenvalue weighted by molar-refractivity contribution is 7.88. The first-order valence-electron chi connectivity index (χ1n) is 9.56. The zero-order chi connectivity index (χ0) is 21.6. The lowest BCUT2D eigenvalue weighted by molar-refractivity contribution is -0.127. The summed E-state index contributed by atoms with van der Waals surface area (Å²) in [6, 6.07) is 15.8. The molecule has 0 aromatic heterocycles. The van der Waals surface area contributed by atoms with Crippen LogP contribution in [0.15, 0.2) is 60.7 Å². The van der Waals surface area contributed by atoms with Gasteiger partial charge in [0.2, 0.25) is 15.9 Å². The Morgan fingerprint density at radius 1 is 0.967 bits per heavy atom. The quantitative estimate of drug-likeness (QED) is 0.520. The molecule has 1 aliphatic heterocycles. The number of piperazine rings is 1. The lowest BCUT2D eigenvalue weighted by atomic mass is 10.1. The van der Waals surface area contributed by atoms with Crippen LogP contribution in [0.5, 0.6) is 0 Å². The maximum absolute atomic E-state index is 12.6. The topological polar surface area (TPSA) is 84.0 Å². The standard InChI is InChI=1S/C22H24N2O5S/c1-29-22(26)20-10-7-18(8-11-20)9-12-21(25)23-13-15-24(16-14-23)30(27,28)17-19-5-3-2-4-6-19/h2-12H,13-17H2,1H3/b12-9+. The molecule has 0 aliphatic carbocycles. The SMILES string of the molecule is COC(=O)c1ccc(/C=C/C(=O)N2CCN(S(=O)(=O)Cc3ccccc3)CC2)cc1. The number of hydrogen-bond acceptors (Lipinski definition) is 5. The molecule has 0 N–H and O–H groups in total. The molecule has 1 saturated heterocycles. The molecule has 2 aromatic rings. The van der Waals surface area contributed by atoms with Crippen molar-refractivity contribution >= 4 is 28.0 Å². The van der Waals surface area contributed by atoms with Crippen LogP contribution < -0.4 is 0 Å². The Morgan fingerprint density at radius 2 is 1.60 bits per heavy atom. The number of methoxy groups -OCH3 is 1. The first-order chi connectivity index (χ1) is 14.4. The second-order valence-corrected chi connectivity index (χ2v) is 8.88. The first kappa shape index (κ1) is 21.7. The second kappa shape index (κ2) is 9.69. The minimum absolute atomic E-state index is 0.0384. The van der Waals surface area contributed by atoms with Crippen LogP contribution >= 0.6 is 0 Å². The van der Waals surface area contributed by atoms with Gasteiger partial charge in [-0.25, -0.2) is 13.2 Å². The molecule has 1 heterocycles. The Labute approximate surface area is 176 Å². The van der Waals surface area contributed by atoms with Crippen LogP contribution in [0.4, 0.5) is 0 Å². The molecule has 1 amide bonds. The summed E-state index contributed by atoms with van der Waals surface area (Å²) in [7, 11) is -2.09. The predicted octanol–water partition coefficient (Wildman–Crippen LogP) is 2.16. The van der Waals surface area contributed by atoms with Crippen molar-refractivity contribution in [3.8, 4) is 0 Å². The molecule has 1 aliphatic rings. The van der Waals surface area contributed by atoms with E-state index >= 15 is 0 Å². The Morgan fingerprint density at radius 3 is 2.20 bits per heavy atom. The van der Waals surface area contributed by atoms with E-state index in [0.29, 0.717) is 18.7 Å². The monoisotopic (exact) mass is 428 g/mol. The van der Waals surface area contributed by atoms with Crippen LogP contribution in [0, 0.1) is 0 Å². The maximum Gasteiger partial charge on any atom is 0.337 e. The summed E-state index contributed by atoms with van der Waals surface area (Å²) >= 11 is 0. The molecule has 0 unspecified atom stereocenters. The summed E-state index contributed by atoms with van der Waals surface area (Å²) in [4.78, 5) is 25.5. The van der Waals surface area contributed by atoms with Crippen molar-refractivity contribution in [1.82, 2.24) is 9.21 Å². The lowest BCUT2D eigenvalue weighted by Crippen LogP contribution is -2.50. The molecule has 1 fully saturated rings. The van der Waals surface area contributed by atoms with Gasteiger partial charge in [-0.1, -0.05) is 42.5 Å². The van der Waals surface area contributed by atoms with Crippen molar-refractivity contribution in [2.75, 3.05) is 33.3 Å². The molecule has 30 heavy (non-hydrogen) atoms. The Kier molecular flexibility index (Phi) is 7.02.